The number of carbonyl (C=O) groups excluding carboxylic acids is 1. The molecule has 0 aromatic carbocycles. The van der Waals surface area contributed by atoms with Gasteiger partial charge in [-0.15, -0.1) is 0 Å². The van der Waals surface area contributed by atoms with Crippen molar-refractivity contribution in [1.82, 2.24) is 0 Å². The third kappa shape index (κ3) is 0.740. The van der Waals surface area contributed by atoms with Crippen LogP contribution in [0.15, 0.2) is 5.11 Å². The van der Waals surface area contributed by atoms with E-state index in [1.807, 2.05) is 0 Å². The van der Waals surface area contributed by atoms with Gasteiger partial charge in [-0.05, 0) is 5.53 Å². The highest BCUT2D eigenvalue weighted by Crippen LogP contribution is 2.43. The molecule has 1 heterocycles. The van der Waals surface area contributed by atoms with Crippen molar-refractivity contribution in [3.8, 4) is 0 Å². The number of azide groups is 1. The van der Waals surface area contributed by atoms with Crippen LogP contribution in [0, 0.1) is 0 Å². The Kier molecular flexibility index (Phi) is 1.70. The van der Waals surface area contributed by atoms with Gasteiger partial charge >= 0.3 is 5.97 Å². The molecule has 1 aliphatic carbocycles. The molecule has 1 saturated heterocycles. The third-order valence-corrected chi connectivity index (χ3v) is 2.65. The maximum Gasteiger partial charge on any atom is 0.324 e. The van der Waals surface area contributed by atoms with E-state index in [1.165, 1.54) is 0 Å². The number of hydrogen-bond donors (Lipinski definition) is 3. The van der Waals surface area contributed by atoms with E-state index in [-0.39, 0.29) is 0 Å². The Balaban J connectivity index is 2.53. The Hall–Kier alpha value is -1.34. The van der Waals surface area contributed by atoms with Crippen LogP contribution in [-0.2, 0) is 9.53 Å². The summed E-state index contributed by atoms with van der Waals surface area (Å²) in [7, 11) is 0. The molecule has 2 aliphatic rings. The topological polar surface area (TPSA) is 136 Å². The lowest BCUT2D eigenvalue weighted by Crippen LogP contribution is -2.52. The van der Waals surface area contributed by atoms with Gasteiger partial charge in [0.1, 0.15) is 18.3 Å². The van der Waals surface area contributed by atoms with Gasteiger partial charge in [-0.1, -0.05) is 5.11 Å². The molecule has 14 heavy (non-hydrogen) atoms. The predicted octanol–water partition coefficient (Wildman–Crippen LogP) is -1.94. The lowest BCUT2D eigenvalue weighted by molar-refractivity contribution is -0.167. The molecular weight excluding hydrogens is 194 g/mol. The summed E-state index contributed by atoms with van der Waals surface area (Å²) in [5, 5.41) is 31.3. The summed E-state index contributed by atoms with van der Waals surface area (Å²) in [6.45, 7) is 0. The lowest BCUT2D eigenvalue weighted by Gasteiger charge is -2.26. The van der Waals surface area contributed by atoms with Crippen molar-refractivity contribution in [2.45, 2.75) is 30.0 Å². The normalized spacial score (nSPS) is 50.1. The zero-order chi connectivity index (χ0) is 10.5. The largest absolute Gasteiger partial charge is 0.456 e. The number of carbonyl (C=O) groups is 1. The van der Waals surface area contributed by atoms with Crippen LogP contribution in [-0.4, -0.2) is 51.2 Å². The second kappa shape index (κ2) is 2.58. The van der Waals surface area contributed by atoms with Crippen LogP contribution in [0.2, 0.25) is 0 Å². The highest BCUT2D eigenvalue weighted by Gasteiger charge is 2.71. The summed E-state index contributed by atoms with van der Waals surface area (Å²) in [5.74, 6) is -1.01. The quantitative estimate of drug-likeness (QED) is 0.196. The van der Waals surface area contributed by atoms with E-state index in [2.05, 4.69) is 14.8 Å². The Labute approximate surface area is 77.3 Å². The zero-order valence-electron chi connectivity index (χ0n) is 6.81. The zero-order valence-corrected chi connectivity index (χ0v) is 6.81. The van der Waals surface area contributed by atoms with Crippen molar-refractivity contribution >= 4 is 5.97 Å². The fourth-order valence-corrected chi connectivity index (χ4v) is 1.88. The van der Waals surface area contributed by atoms with Crippen LogP contribution in [0.5, 0.6) is 0 Å². The number of ether oxygens (including phenoxy) is 1. The van der Waals surface area contributed by atoms with Crippen LogP contribution in [0.3, 0.4) is 0 Å². The molecule has 1 aliphatic heterocycles. The van der Waals surface area contributed by atoms with Gasteiger partial charge in [-0.3, -0.25) is 4.79 Å². The van der Waals surface area contributed by atoms with Gasteiger partial charge in [0.15, 0.2) is 6.10 Å². The minimum atomic E-state index is -2.08. The number of aliphatic hydroxyl groups excluding tert-OH is 3. The summed E-state index contributed by atoms with van der Waals surface area (Å²) in [6, 6.07) is 0. The first-order valence-electron chi connectivity index (χ1n) is 3.87. The van der Waals surface area contributed by atoms with E-state index in [4.69, 9.17) is 5.53 Å². The minimum absolute atomic E-state index is 1.01. The summed E-state index contributed by atoms with van der Waals surface area (Å²) < 4.78 is 4.55. The molecule has 0 unspecified atom stereocenters. The summed E-state index contributed by atoms with van der Waals surface area (Å²) in [4.78, 5) is 13.6. The maximum atomic E-state index is 11.2. The van der Waals surface area contributed by atoms with Crippen molar-refractivity contribution in [3.63, 3.8) is 0 Å². The molecule has 0 amide bonds. The highest BCUT2D eigenvalue weighted by molar-refractivity contribution is 5.87. The van der Waals surface area contributed by atoms with Gasteiger partial charge in [0.05, 0.1) is 0 Å². The van der Waals surface area contributed by atoms with Crippen LogP contribution >= 0.6 is 0 Å². The molecule has 1 saturated carbocycles. The van der Waals surface area contributed by atoms with Crippen molar-refractivity contribution < 1.29 is 24.9 Å². The smallest absolute Gasteiger partial charge is 0.324 e. The third-order valence-electron chi connectivity index (χ3n) is 2.65. The van der Waals surface area contributed by atoms with Gasteiger partial charge in [0.25, 0.3) is 0 Å². The molecule has 0 aromatic rings. The molecule has 2 fully saturated rings. The number of hydrogen-bond acceptors (Lipinski definition) is 6. The standard InChI is InChI=1S/C6H7N3O5/c7-9-8-6-3(11)1(10)2(4(6)12)14-5(6)13/h1-4,10-12H/t1-,2-,3+,4-,6-/m0/s1. The Bertz CT molecular complexity index is 334. The first kappa shape index (κ1) is 9.22. The van der Waals surface area contributed by atoms with E-state index < -0.39 is 35.9 Å². The Morgan fingerprint density at radius 3 is 2.57 bits per heavy atom. The molecule has 8 heteroatoms. The second-order valence-corrected chi connectivity index (χ2v) is 3.26. The van der Waals surface area contributed by atoms with E-state index >= 15 is 0 Å². The average molecular weight is 201 g/mol. The molecule has 0 aromatic heterocycles. The average Bonchev–Trinajstić information content (AvgIpc) is 2.48. The fourth-order valence-electron chi connectivity index (χ4n) is 1.88. The fraction of sp³-hybridized carbons (Fsp3) is 0.833. The van der Waals surface area contributed by atoms with Gasteiger partial charge in [-0.2, -0.15) is 0 Å². The predicted molar refractivity (Wildman–Crippen MR) is 39.8 cm³/mol. The van der Waals surface area contributed by atoms with Gasteiger partial charge < -0.3 is 20.1 Å². The summed E-state index contributed by atoms with van der Waals surface area (Å²) in [6.07, 6.45) is -5.77. The van der Waals surface area contributed by atoms with Crippen LogP contribution in [0.4, 0.5) is 0 Å². The van der Waals surface area contributed by atoms with Crippen molar-refractivity contribution in [2.24, 2.45) is 5.11 Å². The number of nitrogens with zero attached hydrogens (tertiary/aromatic N) is 3. The van der Waals surface area contributed by atoms with Gasteiger partial charge in [0.2, 0.25) is 5.54 Å². The SMILES string of the molecule is [N-]=[N+]=N[C@@]12C(=O)O[C@@H]([C@H](O)[C@H]1O)[C@@H]2O. The maximum absolute atomic E-state index is 11.2. The van der Waals surface area contributed by atoms with E-state index in [9.17, 15) is 20.1 Å². The van der Waals surface area contributed by atoms with Crippen LogP contribution in [0.1, 0.15) is 0 Å². The number of esters is 1. The molecule has 8 nitrogen and oxygen atoms in total. The molecule has 0 spiro atoms. The Morgan fingerprint density at radius 1 is 1.43 bits per heavy atom. The Morgan fingerprint density at radius 2 is 2.07 bits per heavy atom. The first-order valence-corrected chi connectivity index (χ1v) is 3.87. The van der Waals surface area contributed by atoms with Crippen LogP contribution < -0.4 is 0 Å². The van der Waals surface area contributed by atoms with E-state index in [0.717, 1.165) is 0 Å². The molecule has 3 N–H and O–H groups in total. The van der Waals surface area contributed by atoms with Crippen molar-refractivity contribution in [3.05, 3.63) is 10.4 Å². The number of rotatable bonds is 1. The van der Waals surface area contributed by atoms with E-state index in [0.29, 0.717) is 0 Å². The molecule has 5 atom stereocenters. The first-order chi connectivity index (χ1) is 6.55. The van der Waals surface area contributed by atoms with E-state index in [1.54, 1.807) is 0 Å². The van der Waals surface area contributed by atoms with Crippen LogP contribution in [0.25, 0.3) is 10.4 Å². The second-order valence-electron chi connectivity index (χ2n) is 3.26. The minimum Gasteiger partial charge on any atom is -0.456 e. The summed E-state index contributed by atoms with van der Waals surface area (Å²) in [5.41, 5.74) is 6.14. The summed E-state index contributed by atoms with van der Waals surface area (Å²) >= 11 is 0. The molecule has 2 rings (SSSR count). The van der Waals surface area contributed by atoms with Crippen molar-refractivity contribution in [2.75, 3.05) is 0 Å². The lowest BCUT2D eigenvalue weighted by atomic mass is 9.95. The van der Waals surface area contributed by atoms with Gasteiger partial charge in [-0.25, -0.2) is 0 Å². The molecular formula is C6H7N3O5. The molecule has 2 bridgehead atoms. The van der Waals surface area contributed by atoms with Gasteiger partial charge in [0, 0.05) is 4.91 Å². The van der Waals surface area contributed by atoms with Crippen molar-refractivity contribution in [1.29, 1.82) is 0 Å². The monoisotopic (exact) mass is 201 g/mol. The molecule has 0 radical (unpaired) electrons. The highest BCUT2D eigenvalue weighted by atomic mass is 16.6. The number of aliphatic hydroxyl groups is 3. The number of fused-ring (bicyclic) bond motifs is 2. The molecule has 76 valence electrons.